The van der Waals surface area contributed by atoms with Gasteiger partial charge in [-0.3, -0.25) is 10.1 Å². The van der Waals surface area contributed by atoms with E-state index in [2.05, 4.69) is 20.7 Å². The Kier molecular flexibility index (Phi) is 4.00. The number of nitro groups is 1. The highest BCUT2D eigenvalue weighted by Gasteiger charge is 2.19. The lowest BCUT2D eigenvalue weighted by Gasteiger charge is -2.04. The quantitative estimate of drug-likeness (QED) is 0.676. The summed E-state index contributed by atoms with van der Waals surface area (Å²) in [7, 11) is -3.66. The Balaban J connectivity index is 3.28. The summed E-state index contributed by atoms with van der Waals surface area (Å²) >= 11 is 2.98. The van der Waals surface area contributed by atoms with Gasteiger partial charge in [-0.15, -0.1) is 0 Å². The fourth-order valence-corrected chi connectivity index (χ4v) is 2.52. The van der Waals surface area contributed by atoms with E-state index in [9.17, 15) is 18.5 Å². The maximum absolute atomic E-state index is 11.6. The van der Waals surface area contributed by atoms with Crippen molar-refractivity contribution in [2.24, 2.45) is 0 Å². The predicted octanol–water partition coefficient (Wildman–Crippen LogP) is 1.66. The van der Waals surface area contributed by atoms with Crippen molar-refractivity contribution < 1.29 is 13.3 Å². The molecule has 0 aliphatic carbocycles. The van der Waals surface area contributed by atoms with E-state index in [0.29, 0.717) is 0 Å². The summed E-state index contributed by atoms with van der Waals surface area (Å²) in [6, 6.07) is 3.65. The number of sulfonamides is 1. The Morgan fingerprint density at radius 2 is 2.12 bits per heavy atom. The van der Waals surface area contributed by atoms with Crippen LogP contribution >= 0.6 is 15.9 Å². The molecule has 0 spiro atoms. The minimum absolute atomic E-state index is 0.121. The third-order valence-corrected chi connectivity index (χ3v) is 3.97. The molecule has 1 aromatic rings. The van der Waals surface area contributed by atoms with Crippen LogP contribution < -0.4 is 4.72 Å². The van der Waals surface area contributed by atoms with Gasteiger partial charge in [0, 0.05) is 12.6 Å². The summed E-state index contributed by atoms with van der Waals surface area (Å²) in [6.45, 7) is 1.86. The topological polar surface area (TPSA) is 89.3 Å². The van der Waals surface area contributed by atoms with Gasteiger partial charge in [-0.2, -0.15) is 0 Å². The van der Waals surface area contributed by atoms with Crippen LogP contribution in [0.3, 0.4) is 0 Å². The van der Waals surface area contributed by atoms with E-state index in [1.165, 1.54) is 12.1 Å². The van der Waals surface area contributed by atoms with Crippen LogP contribution in [0.15, 0.2) is 27.6 Å². The molecule has 0 saturated carbocycles. The monoisotopic (exact) mass is 308 g/mol. The number of hydrogen-bond acceptors (Lipinski definition) is 4. The van der Waals surface area contributed by atoms with Crippen molar-refractivity contribution in [1.82, 2.24) is 4.72 Å². The molecule has 0 heterocycles. The van der Waals surface area contributed by atoms with Gasteiger partial charge in [-0.05, 0) is 28.1 Å². The van der Waals surface area contributed by atoms with E-state index in [-0.39, 0.29) is 21.6 Å². The molecule has 8 heteroatoms. The summed E-state index contributed by atoms with van der Waals surface area (Å²) in [4.78, 5) is 9.85. The van der Waals surface area contributed by atoms with Crippen molar-refractivity contribution in [3.63, 3.8) is 0 Å². The van der Waals surface area contributed by atoms with E-state index in [0.717, 1.165) is 6.07 Å². The van der Waals surface area contributed by atoms with Crippen LogP contribution in [-0.4, -0.2) is 19.9 Å². The summed E-state index contributed by atoms with van der Waals surface area (Å²) in [6.07, 6.45) is 0. The third-order valence-electron chi connectivity index (χ3n) is 1.76. The molecule has 6 nitrogen and oxygen atoms in total. The number of benzene rings is 1. The molecule has 0 unspecified atom stereocenters. The molecule has 1 N–H and O–H groups in total. The van der Waals surface area contributed by atoms with Gasteiger partial charge in [-0.1, -0.05) is 6.92 Å². The lowest BCUT2D eigenvalue weighted by Crippen LogP contribution is -2.23. The van der Waals surface area contributed by atoms with Gasteiger partial charge in [0.15, 0.2) is 0 Å². The predicted molar refractivity (Wildman–Crippen MR) is 61.7 cm³/mol. The molecule has 1 rings (SSSR count). The van der Waals surface area contributed by atoms with Crippen molar-refractivity contribution in [1.29, 1.82) is 0 Å². The normalized spacial score (nSPS) is 11.4. The Morgan fingerprint density at radius 1 is 1.50 bits per heavy atom. The van der Waals surface area contributed by atoms with Crippen LogP contribution in [0.1, 0.15) is 6.92 Å². The van der Waals surface area contributed by atoms with Gasteiger partial charge in [0.1, 0.15) is 0 Å². The van der Waals surface area contributed by atoms with Crippen molar-refractivity contribution >= 4 is 31.6 Å². The maximum Gasteiger partial charge on any atom is 0.284 e. The van der Waals surface area contributed by atoms with Crippen LogP contribution in [0.25, 0.3) is 0 Å². The molecule has 0 fully saturated rings. The second-order valence-electron chi connectivity index (χ2n) is 2.87. The van der Waals surface area contributed by atoms with Gasteiger partial charge in [0.25, 0.3) is 5.69 Å². The molecule has 1 aromatic carbocycles. The first-order valence-electron chi connectivity index (χ1n) is 4.32. The second kappa shape index (κ2) is 4.89. The fraction of sp³-hybridized carbons (Fsp3) is 0.250. The molecule has 0 aliphatic rings. The molecule has 0 bridgehead atoms. The first-order valence-corrected chi connectivity index (χ1v) is 6.59. The SMILES string of the molecule is CCNS(=O)(=O)c1ccc(Br)c([N+](=O)[O-])c1. The second-order valence-corrected chi connectivity index (χ2v) is 5.49. The van der Waals surface area contributed by atoms with E-state index in [4.69, 9.17) is 0 Å². The van der Waals surface area contributed by atoms with Crippen LogP contribution in [0, 0.1) is 10.1 Å². The van der Waals surface area contributed by atoms with Crippen molar-refractivity contribution in [3.05, 3.63) is 32.8 Å². The molecule has 0 saturated heterocycles. The van der Waals surface area contributed by atoms with Crippen LogP contribution in [-0.2, 0) is 10.0 Å². The minimum atomic E-state index is -3.66. The van der Waals surface area contributed by atoms with E-state index >= 15 is 0 Å². The third kappa shape index (κ3) is 2.77. The van der Waals surface area contributed by atoms with Crippen LogP contribution in [0.5, 0.6) is 0 Å². The Morgan fingerprint density at radius 3 is 2.62 bits per heavy atom. The van der Waals surface area contributed by atoms with E-state index in [1.54, 1.807) is 6.92 Å². The number of nitro benzene ring substituents is 1. The Bertz CT molecular complexity index is 515. The zero-order chi connectivity index (χ0) is 12.3. The van der Waals surface area contributed by atoms with Crippen LogP contribution in [0.2, 0.25) is 0 Å². The molecule has 0 atom stereocenters. The molecule has 0 aliphatic heterocycles. The highest BCUT2D eigenvalue weighted by Crippen LogP contribution is 2.27. The number of hydrogen-bond donors (Lipinski definition) is 1. The number of halogens is 1. The largest absolute Gasteiger partial charge is 0.284 e. The van der Waals surface area contributed by atoms with Crippen molar-refractivity contribution in [2.45, 2.75) is 11.8 Å². The number of nitrogens with zero attached hydrogens (tertiary/aromatic N) is 1. The van der Waals surface area contributed by atoms with Gasteiger partial charge in [0.2, 0.25) is 10.0 Å². The van der Waals surface area contributed by atoms with Gasteiger partial charge < -0.3 is 0 Å². The maximum atomic E-state index is 11.6. The number of rotatable bonds is 4. The van der Waals surface area contributed by atoms with Crippen molar-refractivity contribution in [3.8, 4) is 0 Å². The molecular formula is C8H9BrN2O4S. The first-order chi connectivity index (χ1) is 7.38. The molecule has 16 heavy (non-hydrogen) atoms. The molecule has 0 radical (unpaired) electrons. The number of nitrogens with one attached hydrogen (secondary N) is 1. The average molecular weight is 309 g/mol. The van der Waals surface area contributed by atoms with Crippen molar-refractivity contribution in [2.75, 3.05) is 6.54 Å². The zero-order valence-electron chi connectivity index (χ0n) is 8.31. The standard InChI is InChI=1S/C8H9BrN2O4S/c1-2-10-16(14,15)6-3-4-7(9)8(5-6)11(12)13/h3-5,10H,2H2,1H3. The van der Waals surface area contributed by atoms with Crippen LogP contribution in [0.4, 0.5) is 5.69 Å². The Labute approximate surface area is 101 Å². The lowest BCUT2D eigenvalue weighted by atomic mass is 10.3. The van der Waals surface area contributed by atoms with E-state index < -0.39 is 14.9 Å². The van der Waals surface area contributed by atoms with Gasteiger partial charge in [-0.25, -0.2) is 13.1 Å². The van der Waals surface area contributed by atoms with Gasteiger partial charge in [0.05, 0.1) is 14.3 Å². The molecular weight excluding hydrogens is 300 g/mol. The highest BCUT2D eigenvalue weighted by molar-refractivity contribution is 9.10. The first kappa shape index (κ1) is 13.1. The highest BCUT2D eigenvalue weighted by atomic mass is 79.9. The summed E-state index contributed by atoms with van der Waals surface area (Å²) < 4.78 is 25.6. The average Bonchev–Trinajstić information content (AvgIpc) is 2.17. The lowest BCUT2D eigenvalue weighted by molar-refractivity contribution is -0.385. The molecule has 88 valence electrons. The van der Waals surface area contributed by atoms with Gasteiger partial charge >= 0.3 is 0 Å². The molecule has 0 aromatic heterocycles. The minimum Gasteiger partial charge on any atom is -0.258 e. The summed E-state index contributed by atoms with van der Waals surface area (Å²) in [5.74, 6) is 0. The summed E-state index contributed by atoms with van der Waals surface area (Å²) in [5.41, 5.74) is -0.279. The fourth-order valence-electron chi connectivity index (χ4n) is 1.07. The Hall–Kier alpha value is -0.990. The zero-order valence-corrected chi connectivity index (χ0v) is 10.7. The smallest absolute Gasteiger partial charge is 0.258 e. The summed E-state index contributed by atoms with van der Waals surface area (Å²) in [5, 5.41) is 10.6. The molecule has 0 amide bonds. The van der Waals surface area contributed by atoms with E-state index in [1.807, 2.05) is 0 Å².